The fraction of sp³-hybridized carbons (Fsp3) is 0.462. The van der Waals surface area contributed by atoms with E-state index in [9.17, 15) is 0 Å². The fourth-order valence-electron chi connectivity index (χ4n) is 1.35. The van der Waals surface area contributed by atoms with Crippen molar-refractivity contribution in [2.24, 2.45) is 0 Å². The van der Waals surface area contributed by atoms with Crippen LogP contribution in [0.25, 0.3) is 0 Å². The summed E-state index contributed by atoms with van der Waals surface area (Å²) in [6, 6.07) is 9.61. The molecule has 0 radical (unpaired) electrons. The summed E-state index contributed by atoms with van der Waals surface area (Å²) >= 11 is 5.35. The molecule has 1 aromatic carbocycles. The van der Waals surface area contributed by atoms with E-state index >= 15 is 0 Å². The fourth-order valence-corrected chi connectivity index (χ4v) is 2.75. The monoisotopic (exact) mass is 251 g/mol. The van der Waals surface area contributed by atoms with Gasteiger partial charge in [-0.15, -0.1) is 0 Å². The minimum Gasteiger partial charge on any atom is -0.350 e. The average Bonchev–Trinajstić information content (AvgIpc) is 2.18. The quantitative estimate of drug-likeness (QED) is 0.626. The van der Waals surface area contributed by atoms with E-state index in [1.165, 1.54) is 11.6 Å². The topological polar surface area (TPSA) is 12.0 Å². The molecule has 0 atom stereocenters. The van der Waals surface area contributed by atoms with Gasteiger partial charge in [-0.1, -0.05) is 55.6 Å². The summed E-state index contributed by atoms with van der Waals surface area (Å²) in [5.74, 6) is 0. The van der Waals surface area contributed by atoms with Gasteiger partial charge in [-0.25, -0.2) is 0 Å². The second-order valence-electron chi connectivity index (χ2n) is 5.47. The van der Waals surface area contributed by atoms with Gasteiger partial charge >= 0.3 is 0 Å². The largest absolute Gasteiger partial charge is 0.350 e. The molecule has 0 heterocycles. The lowest BCUT2D eigenvalue weighted by Gasteiger charge is -2.16. The molecule has 1 aromatic rings. The highest BCUT2D eigenvalue weighted by Crippen LogP contribution is 2.14. The predicted octanol–water partition coefficient (Wildman–Crippen LogP) is 4.46. The lowest BCUT2D eigenvalue weighted by atomic mass is 10.2. The molecule has 0 aliphatic heterocycles. The number of aryl methyl sites for hydroxylation is 1. The minimum atomic E-state index is -0.974. The molecular formula is C13H21NSSi. The van der Waals surface area contributed by atoms with Gasteiger partial charge in [0.25, 0.3) is 0 Å². The Morgan fingerprint density at radius 1 is 1.19 bits per heavy atom. The normalized spacial score (nSPS) is 11.2. The number of nitrogens with one attached hydrogen (secondary N) is 1. The summed E-state index contributed by atoms with van der Waals surface area (Å²) in [7, 11) is -0.974. The summed E-state index contributed by atoms with van der Waals surface area (Å²) in [6.45, 7) is 9.22. The van der Waals surface area contributed by atoms with Gasteiger partial charge in [0.15, 0.2) is 0 Å². The van der Waals surface area contributed by atoms with Crippen molar-refractivity contribution >= 4 is 31.0 Å². The van der Waals surface area contributed by atoms with E-state index < -0.39 is 8.07 Å². The Morgan fingerprint density at radius 2 is 1.75 bits per heavy atom. The summed E-state index contributed by atoms with van der Waals surface area (Å²) in [5, 5.41) is 3.30. The van der Waals surface area contributed by atoms with Gasteiger partial charge < -0.3 is 5.32 Å². The third-order valence-corrected chi connectivity index (χ3v) is 4.49. The van der Waals surface area contributed by atoms with Crippen LogP contribution < -0.4 is 5.32 Å². The molecule has 1 nitrogen and oxygen atoms in total. The molecule has 0 aliphatic rings. The molecular weight excluding hydrogens is 230 g/mol. The summed E-state index contributed by atoms with van der Waals surface area (Å²) in [4.78, 5) is 0.964. The lowest BCUT2D eigenvalue weighted by Crippen LogP contribution is -2.22. The Bertz CT molecular complexity index is 351. The molecule has 0 aromatic heterocycles. The minimum absolute atomic E-state index is 0.964. The highest BCUT2D eigenvalue weighted by Gasteiger charge is 2.13. The van der Waals surface area contributed by atoms with Gasteiger partial charge in [-0.3, -0.25) is 0 Å². The van der Waals surface area contributed by atoms with Crippen LogP contribution >= 0.6 is 12.2 Å². The molecule has 3 heteroatoms. The van der Waals surface area contributed by atoms with E-state index in [0.717, 1.165) is 17.1 Å². The van der Waals surface area contributed by atoms with Crippen molar-refractivity contribution in [3.05, 3.63) is 29.8 Å². The van der Waals surface area contributed by atoms with Crippen molar-refractivity contribution in [3.63, 3.8) is 0 Å². The van der Waals surface area contributed by atoms with Gasteiger partial charge in [0.2, 0.25) is 0 Å². The molecule has 1 rings (SSSR count). The first-order valence-corrected chi connectivity index (χ1v) is 9.85. The molecule has 0 amide bonds. The molecule has 16 heavy (non-hydrogen) atoms. The Hall–Kier alpha value is -0.673. The number of benzene rings is 1. The highest BCUT2D eigenvalue weighted by atomic mass is 32.1. The lowest BCUT2D eigenvalue weighted by molar-refractivity contribution is 1.22. The maximum Gasteiger partial charge on any atom is 0.0794 e. The third-order valence-electron chi connectivity index (χ3n) is 2.44. The van der Waals surface area contributed by atoms with Crippen LogP contribution in [0.5, 0.6) is 0 Å². The SMILES string of the molecule is Cc1ccc(NC(=S)CC[Si](C)(C)C)cc1. The second-order valence-corrected chi connectivity index (χ2v) is 11.6. The molecule has 0 spiro atoms. The van der Waals surface area contributed by atoms with Crippen LogP contribution in [-0.4, -0.2) is 13.1 Å². The third kappa shape index (κ3) is 5.42. The molecule has 0 fully saturated rings. The zero-order valence-electron chi connectivity index (χ0n) is 10.6. The number of rotatable bonds is 4. The van der Waals surface area contributed by atoms with Crippen LogP contribution in [-0.2, 0) is 0 Å². The van der Waals surface area contributed by atoms with Gasteiger partial charge in [0, 0.05) is 13.8 Å². The molecule has 0 unspecified atom stereocenters. The van der Waals surface area contributed by atoms with Gasteiger partial charge in [-0.05, 0) is 25.5 Å². The molecule has 0 saturated carbocycles. The zero-order chi connectivity index (χ0) is 12.2. The van der Waals surface area contributed by atoms with Crippen LogP contribution in [0.1, 0.15) is 12.0 Å². The summed E-state index contributed by atoms with van der Waals surface area (Å²) in [5.41, 5.74) is 2.38. The van der Waals surface area contributed by atoms with E-state index in [1.807, 2.05) is 0 Å². The van der Waals surface area contributed by atoms with Crippen LogP contribution in [0.15, 0.2) is 24.3 Å². The maximum absolute atomic E-state index is 5.35. The van der Waals surface area contributed by atoms with Gasteiger partial charge in [-0.2, -0.15) is 0 Å². The van der Waals surface area contributed by atoms with E-state index in [1.54, 1.807) is 0 Å². The standard InChI is InChI=1S/C13H21NSSi/c1-11-5-7-12(8-6-11)14-13(15)9-10-16(2,3)4/h5-8H,9-10H2,1-4H3,(H,14,15). The summed E-state index contributed by atoms with van der Waals surface area (Å²) in [6.07, 6.45) is 1.01. The predicted molar refractivity (Wildman–Crippen MR) is 80.2 cm³/mol. The Balaban J connectivity index is 2.43. The summed E-state index contributed by atoms with van der Waals surface area (Å²) < 4.78 is 0. The number of hydrogen-bond donors (Lipinski definition) is 1. The average molecular weight is 251 g/mol. The number of anilines is 1. The Kier molecular flexibility index (Phi) is 4.68. The van der Waals surface area contributed by atoms with Crippen LogP contribution in [0.3, 0.4) is 0 Å². The van der Waals surface area contributed by atoms with Crippen molar-refractivity contribution in [1.29, 1.82) is 0 Å². The van der Waals surface area contributed by atoms with Crippen molar-refractivity contribution in [1.82, 2.24) is 0 Å². The second kappa shape index (κ2) is 5.59. The van der Waals surface area contributed by atoms with E-state index in [2.05, 4.69) is 56.1 Å². The number of thiocarbonyl (C=S) groups is 1. The van der Waals surface area contributed by atoms with Crippen LogP contribution in [0, 0.1) is 6.92 Å². The smallest absolute Gasteiger partial charge is 0.0794 e. The number of hydrogen-bond acceptors (Lipinski definition) is 1. The Labute approximate surface area is 105 Å². The van der Waals surface area contributed by atoms with Gasteiger partial charge in [0.1, 0.15) is 0 Å². The van der Waals surface area contributed by atoms with E-state index in [4.69, 9.17) is 12.2 Å². The van der Waals surface area contributed by atoms with Crippen molar-refractivity contribution in [3.8, 4) is 0 Å². The van der Waals surface area contributed by atoms with Crippen molar-refractivity contribution < 1.29 is 0 Å². The van der Waals surface area contributed by atoms with Crippen LogP contribution in [0.2, 0.25) is 25.7 Å². The Morgan fingerprint density at radius 3 is 2.25 bits per heavy atom. The first-order valence-electron chi connectivity index (χ1n) is 5.73. The van der Waals surface area contributed by atoms with E-state index in [-0.39, 0.29) is 0 Å². The first-order chi connectivity index (χ1) is 7.37. The van der Waals surface area contributed by atoms with Crippen LogP contribution in [0.4, 0.5) is 5.69 Å². The van der Waals surface area contributed by atoms with E-state index in [0.29, 0.717) is 0 Å². The molecule has 1 N–H and O–H groups in total. The first kappa shape index (κ1) is 13.4. The van der Waals surface area contributed by atoms with Gasteiger partial charge in [0.05, 0.1) is 4.99 Å². The highest BCUT2D eigenvalue weighted by molar-refractivity contribution is 7.80. The molecule has 0 saturated heterocycles. The zero-order valence-corrected chi connectivity index (χ0v) is 12.4. The maximum atomic E-state index is 5.35. The van der Waals surface area contributed by atoms with Crippen molar-refractivity contribution in [2.75, 3.05) is 5.32 Å². The molecule has 88 valence electrons. The van der Waals surface area contributed by atoms with Crippen molar-refractivity contribution in [2.45, 2.75) is 39.0 Å². The molecule has 0 bridgehead atoms. The molecule has 0 aliphatic carbocycles.